The topological polar surface area (TPSA) is 40.6 Å². The van der Waals surface area contributed by atoms with Gasteiger partial charge in [-0.3, -0.25) is 9.59 Å². The first-order chi connectivity index (χ1) is 13.0. The van der Waals surface area contributed by atoms with Crippen molar-refractivity contribution in [2.75, 3.05) is 18.0 Å². The maximum absolute atomic E-state index is 13.3. The van der Waals surface area contributed by atoms with Gasteiger partial charge in [0.2, 0.25) is 5.91 Å². The van der Waals surface area contributed by atoms with Gasteiger partial charge >= 0.3 is 0 Å². The number of benzene rings is 2. The van der Waals surface area contributed by atoms with E-state index in [-0.39, 0.29) is 29.6 Å². The van der Waals surface area contributed by atoms with Crippen LogP contribution in [-0.4, -0.2) is 35.8 Å². The number of para-hydroxylation sites is 1. The molecule has 0 N–H and O–H groups in total. The summed E-state index contributed by atoms with van der Waals surface area (Å²) < 4.78 is 13.1. The van der Waals surface area contributed by atoms with E-state index in [1.807, 2.05) is 23.1 Å². The third-order valence-corrected chi connectivity index (χ3v) is 5.59. The minimum Gasteiger partial charge on any atom is -0.338 e. The second-order valence-corrected chi connectivity index (χ2v) is 7.49. The number of hydrogen-bond acceptors (Lipinski definition) is 2. The molecule has 0 bridgehead atoms. The van der Waals surface area contributed by atoms with Crippen molar-refractivity contribution in [1.29, 1.82) is 0 Å². The number of fused-ring (bicyclic) bond motifs is 1. The van der Waals surface area contributed by atoms with Crippen LogP contribution in [0, 0.1) is 11.7 Å². The van der Waals surface area contributed by atoms with Crippen molar-refractivity contribution >= 4 is 17.5 Å². The van der Waals surface area contributed by atoms with Gasteiger partial charge in [-0.1, -0.05) is 18.2 Å². The van der Waals surface area contributed by atoms with Crippen LogP contribution in [0.4, 0.5) is 10.1 Å². The molecule has 27 heavy (non-hydrogen) atoms. The molecule has 0 aromatic heterocycles. The number of carbonyl (C=O) groups excluding carboxylic acids is 2. The summed E-state index contributed by atoms with van der Waals surface area (Å²) in [5.74, 6) is -0.594. The largest absolute Gasteiger partial charge is 0.338 e. The Morgan fingerprint density at radius 3 is 2.59 bits per heavy atom. The number of nitrogens with zero attached hydrogens (tertiary/aromatic N) is 2. The SMILES string of the molecule is C[C@@H]1Cc2ccccc2N1C(=O)[C@H]1CCCN(C(=O)c2ccc(F)cc2)C1. The number of amides is 2. The average Bonchev–Trinajstić information content (AvgIpc) is 3.03. The van der Waals surface area contributed by atoms with E-state index < -0.39 is 0 Å². The van der Waals surface area contributed by atoms with Crippen molar-refractivity contribution < 1.29 is 14.0 Å². The van der Waals surface area contributed by atoms with E-state index in [1.54, 1.807) is 4.90 Å². The number of carbonyl (C=O) groups is 2. The minimum absolute atomic E-state index is 0.101. The summed E-state index contributed by atoms with van der Waals surface area (Å²) in [5.41, 5.74) is 2.66. The Morgan fingerprint density at radius 2 is 1.81 bits per heavy atom. The van der Waals surface area contributed by atoms with Crippen molar-refractivity contribution in [2.24, 2.45) is 5.92 Å². The summed E-state index contributed by atoms with van der Waals surface area (Å²) in [6, 6.07) is 13.8. The molecular formula is C22H23FN2O2. The molecule has 4 rings (SSSR count). The van der Waals surface area contributed by atoms with Gasteiger partial charge in [0.1, 0.15) is 5.82 Å². The van der Waals surface area contributed by atoms with Crippen LogP contribution in [0.1, 0.15) is 35.7 Å². The molecule has 2 amide bonds. The maximum Gasteiger partial charge on any atom is 0.253 e. The van der Waals surface area contributed by atoms with Gasteiger partial charge in [0.05, 0.1) is 5.92 Å². The van der Waals surface area contributed by atoms with Gasteiger partial charge in [-0.05, 0) is 62.1 Å². The molecule has 0 saturated carbocycles. The predicted octanol–water partition coefficient (Wildman–Crippen LogP) is 3.66. The average molecular weight is 366 g/mol. The highest BCUT2D eigenvalue weighted by Crippen LogP contribution is 2.34. The predicted molar refractivity (Wildman–Crippen MR) is 102 cm³/mol. The van der Waals surface area contributed by atoms with Crippen LogP contribution in [0.25, 0.3) is 0 Å². The lowest BCUT2D eigenvalue weighted by Gasteiger charge is -2.35. The van der Waals surface area contributed by atoms with Crippen molar-refractivity contribution in [2.45, 2.75) is 32.2 Å². The molecule has 2 aromatic rings. The van der Waals surface area contributed by atoms with Gasteiger partial charge in [-0.15, -0.1) is 0 Å². The molecule has 4 nitrogen and oxygen atoms in total. The van der Waals surface area contributed by atoms with Crippen LogP contribution in [0.15, 0.2) is 48.5 Å². The first kappa shape index (κ1) is 17.7. The number of piperidine rings is 1. The van der Waals surface area contributed by atoms with E-state index in [2.05, 4.69) is 13.0 Å². The molecule has 0 aliphatic carbocycles. The molecule has 140 valence electrons. The van der Waals surface area contributed by atoms with E-state index in [0.717, 1.165) is 24.9 Å². The monoisotopic (exact) mass is 366 g/mol. The third-order valence-electron chi connectivity index (χ3n) is 5.59. The molecular weight excluding hydrogens is 343 g/mol. The van der Waals surface area contributed by atoms with E-state index >= 15 is 0 Å². The summed E-state index contributed by atoms with van der Waals surface area (Å²) in [5, 5.41) is 0. The fourth-order valence-corrected chi connectivity index (χ4v) is 4.24. The highest BCUT2D eigenvalue weighted by molar-refractivity contribution is 5.99. The van der Waals surface area contributed by atoms with Gasteiger partial charge in [0, 0.05) is 30.4 Å². The Morgan fingerprint density at radius 1 is 1.07 bits per heavy atom. The molecule has 0 spiro atoms. The van der Waals surface area contributed by atoms with Gasteiger partial charge in [-0.25, -0.2) is 4.39 Å². The Kier molecular flexibility index (Phi) is 4.68. The standard InChI is InChI=1S/C22H23FN2O2/c1-15-13-17-5-2-3-7-20(17)25(15)22(27)18-6-4-12-24(14-18)21(26)16-8-10-19(23)11-9-16/h2-3,5,7-11,15,18H,4,6,12-14H2,1H3/t15-,18+/m1/s1. The summed E-state index contributed by atoms with van der Waals surface area (Å²) in [6.07, 6.45) is 2.46. The molecule has 2 heterocycles. The Balaban J connectivity index is 1.50. The second-order valence-electron chi connectivity index (χ2n) is 7.49. The normalized spacial score (nSPS) is 21.9. The molecule has 2 atom stereocenters. The van der Waals surface area contributed by atoms with Crippen LogP contribution in [0.2, 0.25) is 0 Å². The lowest BCUT2D eigenvalue weighted by atomic mass is 9.95. The summed E-state index contributed by atoms with van der Waals surface area (Å²) >= 11 is 0. The first-order valence-electron chi connectivity index (χ1n) is 9.50. The van der Waals surface area contributed by atoms with E-state index in [9.17, 15) is 14.0 Å². The lowest BCUT2D eigenvalue weighted by Crippen LogP contribution is -2.48. The third kappa shape index (κ3) is 3.34. The van der Waals surface area contributed by atoms with Gasteiger partial charge in [-0.2, -0.15) is 0 Å². The molecule has 2 aromatic carbocycles. The van der Waals surface area contributed by atoms with E-state index in [1.165, 1.54) is 29.8 Å². The highest BCUT2D eigenvalue weighted by Gasteiger charge is 2.37. The van der Waals surface area contributed by atoms with Crippen molar-refractivity contribution in [3.8, 4) is 0 Å². The minimum atomic E-state index is -0.361. The van der Waals surface area contributed by atoms with Crippen molar-refractivity contribution in [3.05, 3.63) is 65.5 Å². The smallest absolute Gasteiger partial charge is 0.253 e. The highest BCUT2D eigenvalue weighted by atomic mass is 19.1. The van der Waals surface area contributed by atoms with E-state index in [0.29, 0.717) is 18.7 Å². The van der Waals surface area contributed by atoms with Crippen LogP contribution in [-0.2, 0) is 11.2 Å². The van der Waals surface area contributed by atoms with Crippen molar-refractivity contribution in [1.82, 2.24) is 4.90 Å². The van der Waals surface area contributed by atoms with Crippen LogP contribution in [0.5, 0.6) is 0 Å². The Hall–Kier alpha value is -2.69. The fourth-order valence-electron chi connectivity index (χ4n) is 4.24. The maximum atomic E-state index is 13.3. The molecule has 5 heteroatoms. The molecule has 0 radical (unpaired) electrons. The molecule has 2 aliphatic heterocycles. The Labute approximate surface area is 158 Å². The zero-order valence-electron chi connectivity index (χ0n) is 15.4. The lowest BCUT2D eigenvalue weighted by molar-refractivity contribution is -0.124. The van der Waals surface area contributed by atoms with Crippen LogP contribution in [0.3, 0.4) is 0 Å². The van der Waals surface area contributed by atoms with Gasteiger partial charge < -0.3 is 9.80 Å². The number of likely N-dealkylation sites (tertiary alicyclic amines) is 1. The summed E-state index contributed by atoms with van der Waals surface area (Å²) in [4.78, 5) is 29.6. The van der Waals surface area contributed by atoms with Crippen LogP contribution < -0.4 is 4.90 Å². The number of rotatable bonds is 2. The van der Waals surface area contributed by atoms with Gasteiger partial charge in [0.15, 0.2) is 0 Å². The summed E-state index contributed by atoms with van der Waals surface area (Å²) in [7, 11) is 0. The van der Waals surface area contributed by atoms with Crippen LogP contribution >= 0.6 is 0 Å². The fraction of sp³-hybridized carbons (Fsp3) is 0.364. The summed E-state index contributed by atoms with van der Waals surface area (Å²) in [6.45, 7) is 3.12. The number of hydrogen-bond donors (Lipinski definition) is 0. The Bertz CT molecular complexity index is 865. The van der Waals surface area contributed by atoms with Crippen molar-refractivity contribution in [3.63, 3.8) is 0 Å². The first-order valence-corrected chi connectivity index (χ1v) is 9.50. The van der Waals surface area contributed by atoms with Gasteiger partial charge in [0.25, 0.3) is 5.91 Å². The second kappa shape index (κ2) is 7.14. The quantitative estimate of drug-likeness (QED) is 0.814. The number of halogens is 1. The molecule has 1 fully saturated rings. The molecule has 2 aliphatic rings. The number of anilines is 1. The molecule has 1 saturated heterocycles. The zero-order chi connectivity index (χ0) is 19.0. The van der Waals surface area contributed by atoms with E-state index in [4.69, 9.17) is 0 Å². The zero-order valence-corrected chi connectivity index (χ0v) is 15.4. The molecule has 0 unspecified atom stereocenters.